The summed E-state index contributed by atoms with van der Waals surface area (Å²) < 4.78 is 28.7. The summed E-state index contributed by atoms with van der Waals surface area (Å²) in [6.07, 6.45) is 4.65. The first-order chi connectivity index (χ1) is 13.0. The number of aromatic nitrogens is 4. The maximum atomic E-state index is 12.1. The van der Waals surface area contributed by atoms with Gasteiger partial charge in [-0.2, -0.15) is 5.10 Å². The van der Waals surface area contributed by atoms with E-state index in [1.807, 2.05) is 11.6 Å². The molecule has 12 heteroatoms. The van der Waals surface area contributed by atoms with Gasteiger partial charge in [0, 0.05) is 45.0 Å². The zero-order valence-electron chi connectivity index (χ0n) is 15.8. The number of halogens is 1. The van der Waals surface area contributed by atoms with Crippen LogP contribution >= 0.6 is 24.0 Å². The molecule has 0 bridgehead atoms. The van der Waals surface area contributed by atoms with Crippen molar-refractivity contribution in [2.75, 3.05) is 20.1 Å². The highest BCUT2D eigenvalue weighted by molar-refractivity contribution is 14.0. The van der Waals surface area contributed by atoms with Gasteiger partial charge in [-0.3, -0.25) is 9.98 Å². The van der Waals surface area contributed by atoms with Gasteiger partial charge in [0.1, 0.15) is 16.5 Å². The normalized spacial score (nSPS) is 16.8. The van der Waals surface area contributed by atoms with Gasteiger partial charge in [0.05, 0.1) is 6.54 Å². The predicted octanol–water partition coefficient (Wildman–Crippen LogP) is 0.0578. The SMILES string of the molecule is CN=C(NCCNS(=O)(=O)c1cccnc1)NC1CCc2nc(C)nn2C1.I. The molecule has 0 saturated heterocycles. The molecule has 3 heterocycles. The van der Waals surface area contributed by atoms with Crippen molar-refractivity contribution in [1.82, 2.24) is 35.1 Å². The first-order valence-corrected chi connectivity index (χ1v) is 10.2. The summed E-state index contributed by atoms with van der Waals surface area (Å²) in [6.45, 7) is 3.25. The molecule has 3 N–H and O–H groups in total. The van der Waals surface area contributed by atoms with Crippen LogP contribution in [-0.4, -0.2) is 60.3 Å². The summed E-state index contributed by atoms with van der Waals surface area (Å²) in [5, 5.41) is 10.9. The number of hydrogen-bond acceptors (Lipinski definition) is 6. The Hall–Kier alpha value is -1.80. The van der Waals surface area contributed by atoms with E-state index < -0.39 is 10.0 Å². The van der Waals surface area contributed by atoms with Crippen molar-refractivity contribution in [3.8, 4) is 0 Å². The monoisotopic (exact) mass is 520 g/mol. The Labute approximate surface area is 181 Å². The summed E-state index contributed by atoms with van der Waals surface area (Å²) in [5.41, 5.74) is 0. The minimum atomic E-state index is -3.55. The maximum absolute atomic E-state index is 12.1. The second-order valence-corrected chi connectivity index (χ2v) is 7.99. The number of fused-ring (bicyclic) bond motifs is 1. The fourth-order valence-electron chi connectivity index (χ4n) is 2.90. The van der Waals surface area contributed by atoms with Crippen molar-refractivity contribution < 1.29 is 8.42 Å². The molecular weight excluding hydrogens is 495 g/mol. The number of sulfonamides is 1. The molecule has 0 aromatic carbocycles. The summed E-state index contributed by atoms with van der Waals surface area (Å²) in [6, 6.07) is 3.29. The minimum Gasteiger partial charge on any atom is -0.355 e. The standard InChI is InChI=1S/C16H24N8O2S.HI/c1-12-21-15-6-5-13(11-24(15)23-12)22-16(17-2)19-8-9-20-27(25,26)14-4-3-7-18-10-14;/h3-4,7,10,13,20H,5-6,8-9,11H2,1-2H3,(H2,17,19,22);1H. The van der Waals surface area contributed by atoms with Crippen molar-refractivity contribution in [3.63, 3.8) is 0 Å². The largest absolute Gasteiger partial charge is 0.355 e. The molecule has 0 amide bonds. The molecule has 0 saturated carbocycles. The Kier molecular flexibility index (Phi) is 8.12. The van der Waals surface area contributed by atoms with Crippen LogP contribution in [0.25, 0.3) is 0 Å². The highest BCUT2D eigenvalue weighted by atomic mass is 127. The predicted molar refractivity (Wildman–Crippen MR) is 116 cm³/mol. The lowest BCUT2D eigenvalue weighted by Gasteiger charge is -2.25. The lowest BCUT2D eigenvalue weighted by Crippen LogP contribution is -2.48. The lowest BCUT2D eigenvalue weighted by atomic mass is 10.1. The van der Waals surface area contributed by atoms with E-state index in [4.69, 9.17) is 0 Å². The molecule has 0 aliphatic carbocycles. The summed E-state index contributed by atoms with van der Waals surface area (Å²) in [4.78, 5) is 12.6. The van der Waals surface area contributed by atoms with Gasteiger partial charge in [-0.25, -0.2) is 22.8 Å². The minimum absolute atomic E-state index is 0. The highest BCUT2D eigenvalue weighted by Gasteiger charge is 2.21. The summed E-state index contributed by atoms with van der Waals surface area (Å²) in [5.74, 6) is 2.42. The van der Waals surface area contributed by atoms with Crippen LogP contribution in [0.2, 0.25) is 0 Å². The molecule has 3 rings (SSSR count). The van der Waals surface area contributed by atoms with Gasteiger partial charge >= 0.3 is 0 Å². The molecule has 10 nitrogen and oxygen atoms in total. The summed E-state index contributed by atoms with van der Waals surface area (Å²) >= 11 is 0. The van der Waals surface area contributed by atoms with Crippen LogP contribution in [-0.2, 0) is 23.0 Å². The first-order valence-electron chi connectivity index (χ1n) is 8.75. The smallest absolute Gasteiger partial charge is 0.242 e. The zero-order valence-corrected chi connectivity index (χ0v) is 18.9. The third kappa shape index (κ3) is 5.85. The number of aliphatic imine (C=N–C) groups is 1. The molecule has 2 aromatic heterocycles. The van der Waals surface area contributed by atoms with E-state index in [1.165, 1.54) is 18.5 Å². The van der Waals surface area contributed by atoms with Crippen molar-refractivity contribution in [2.45, 2.75) is 37.2 Å². The van der Waals surface area contributed by atoms with Gasteiger partial charge in [-0.15, -0.1) is 24.0 Å². The zero-order chi connectivity index (χ0) is 19.3. The Morgan fingerprint density at radius 2 is 2.21 bits per heavy atom. The Bertz CT molecular complexity index is 901. The third-order valence-electron chi connectivity index (χ3n) is 4.18. The lowest BCUT2D eigenvalue weighted by molar-refractivity contribution is 0.392. The van der Waals surface area contributed by atoms with E-state index in [2.05, 4.69) is 35.4 Å². The quantitative estimate of drug-likeness (QED) is 0.213. The molecule has 1 aliphatic heterocycles. The van der Waals surface area contributed by atoms with Gasteiger partial charge in [-0.1, -0.05) is 0 Å². The van der Waals surface area contributed by atoms with Crippen LogP contribution in [0.3, 0.4) is 0 Å². The maximum Gasteiger partial charge on any atom is 0.242 e. The van der Waals surface area contributed by atoms with Crippen LogP contribution in [0, 0.1) is 6.92 Å². The average Bonchev–Trinajstić information content (AvgIpc) is 3.04. The molecule has 0 radical (unpaired) electrons. The van der Waals surface area contributed by atoms with Crippen LogP contribution in [0.4, 0.5) is 0 Å². The molecule has 0 fully saturated rings. The Morgan fingerprint density at radius 1 is 1.39 bits per heavy atom. The number of rotatable bonds is 6. The highest BCUT2D eigenvalue weighted by Crippen LogP contribution is 2.12. The van der Waals surface area contributed by atoms with Crippen LogP contribution < -0.4 is 15.4 Å². The number of nitrogens with zero attached hydrogens (tertiary/aromatic N) is 5. The summed E-state index contributed by atoms with van der Waals surface area (Å²) in [7, 11) is -1.87. The molecule has 1 aliphatic rings. The molecule has 28 heavy (non-hydrogen) atoms. The van der Waals surface area contributed by atoms with Crippen molar-refractivity contribution in [2.24, 2.45) is 4.99 Å². The van der Waals surface area contributed by atoms with Crippen LogP contribution in [0.5, 0.6) is 0 Å². The molecule has 2 aromatic rings. The van der Waals surface area contributed by atoms with Gasteiger partial charge < -0.3 is 10.6 Å². The Morgan fingerprint density at radius 3 is 2.93 bits per heavy atom. The molecule has 0 spiro atoms. The molecular formula is C16H25IN8O2S. The van der Waals surface area contributed by atoms with Crippen molar-refractivity contribution >= 4 is 40.0 Å². The molecule has 154 valence electrons. The second kappa shape index (κ2) is 10.1. The van der Waals surface area contributed by atoms with Gasteiger partial charge in [0.15, 0.2) is 5.96 Å². The first kappa shape index (κ1) is 22.5. The van der Waals surface area contributed by atoms with E-state index in [1.54, 1.807) is 13.1 Å². The second-order valence-electron chi connectivity index (χ2n) is 6.22. The van der Waals surface area contributed by atoms with Gasteiger partial charge in [-0.05, 0) is 25.5 Å². The number of hydrogen-bond donors (Lipinski definition) is 3. The Balaban J connectivity index is 0.00000280. The average molecular weight is 520 g/mol. The van der Waals surface area contributed by atoms with Crippen molar-refractivity contribution in [1.29, 1.82) is 0 Å². The van der Waals surface area contributed by atoms with Gasteiger partial charge in [0.25, 0.3) is 0 Å². The topological polar surface area (TPSA) is 126 Å². The number of nitrogens with one attached hydrogen (secondary N) is 3. The number of pyridine rings is 1. The fraction of sp³-hybridized carbons (Fsp3) is 0.500. The van der Waals surface area contributed by atoms with Crippen molar-refractivity contribution in [3.05, 3.63) is 36.2 Å². The van der Waals surface area contributed by atoms with E-state index in [0.29, 0.717) is 12.5 Å². The number of aryl methyl sites for hydroxylation is 2. The van der Waals surface area contributed by atoms with Crippen LogP contribution in [0.1, 0.15) is 18.1 Å². The molecule has 1 unspecified atom stereocenters. The van der Waals surface area contributed by atoms with E-state index in [0.717, 1.165) is 31.0 Å². The van der Waals surface area contributed by atoms with E-state index in [-0.39, 0.29) is 41.5 Å². The number of guanidine groups is 1. The fourth-order valence-corrected chi connectivity index (χ4v) is 3.89. The van der Waals surface area contributed by atoms with E-state index in [9.17, 15) is 8.42 Å². The third-order valence-corrected chi connectivity index (χ3v) is 5.63. The molecule has 1 atom stereocenters. The van der Waals surface area contributed by atoms with Crippen LogP contribution in [0.15, 0.2) is 34.4 Å². The van der Waals surface area contributed by atoms with Gasteiger partial charge in [0.2, 0.25) is 10.0 Å². The van der Waals surface area contributed by atoms with E-state index >= 15 is 0 Å².